The Bertz CT molecular complexity index is 657. The first-order valence-corrected chi connectivity index (χ1v) is 6.88. The molecule has 0 bridgehead atoms. The molecule has 2 rings (SSSR count). The van der Waals surface area contributed by atoms with Gasteiger partial charge in [-0.15, -0.1) is 0 Å². The van der Waals surface area contributed by atoms with Gasteiger partial charge >= 0.3 is 0 Å². The first-order chi connectivity index (χ1) is 9.43. The fourth-order valence-electron chi connectivity index (χ4n) is 2.09. The molecule has 0 saturated carbocycles. The van der Waals surface area contributed by atoms with Gasteiger partial charge in [-0.2, -0.15) is 0 Å². The van der Waals surface area contributed by atoms with Gasteiger partial charge in [-0.25, -0.2) is 4.39 Å². The summed E-state index contributed by atoms with van der Waals surface area (Å²) in [6.07, 6.45) is 0. The Morgan fingerprint density at radius 3 is 2.30 bits per heavy atom. The van der Waals surface area contributed by atoms with Crippen LogP contribution in [0.4, 0.5) is 4.39 Å². The summed E-state index contributed by atoms with van der Waals surface area (Å²) in [4.78, 5) is 12.5. The Kier molecular flexibility index (Phi) is 4.23. The number of ether oxygens (including phenoxy) is 1. The molecule has 0 unspecified atom stereocenters. The van der Waals surface area contributed by atoms with Crippen LogP contribution in [0.1, 0.15) is 27.0 Å². The van der Waals surface area contributed by atoms with Crippen LogP contribution in [0.5, 0.6) is 5.75 Å². The van der Waals surface area contributed by atoms with Crippen LogP contribution in [0.3, 0.4) is 0 Å². The zero-order valence-electron chi connectivity index (χ0n) is 11.5. The highest BCUT2D eigenvalue weighted by molar-refractivity contribution is 9.10. The van der Waals surface area contributed by atoms with Crippen molar-refractivity contribution in [3.8, 4) is 5.75 Å². The topological polar surface area (TPSA) is 26.3 Å². The van der Waals surface area contributed by atoms with E-state index >= 15 is 0 Å². The second-order valence-corrected chi connectivity index (χ2v) is 5.51. The fraction of sp³-hybridized carbons (Fsp3) is 0.188. The van der Waals surface area contributed by atoms with E-state index in [1.165, 1.54) is 7.11 Å². The summed E-state index contributed by atoms with van der Waals surface area (Å²) in [5.74, 6) is 0.0360. The van der Waals surface area contributed by atoms with Gasteiger partial charge in [0.15, 0.2) is 5.78 Å². The number of hydrogen-bond acceptors (Lipinski definition) is 2. The molecule has 20 heavy (non-hydrogen) atoms. The molecule has 0 saturated heterocycles. The average molecular weight is 337 g/mol. The smallest absolute Gasteiger partial charge is 0.196 e. The lowest BCUT2D eigenvalue weighted by molar-refractivity contribution is 0.103. The Labute approximate surface area is 125 Å². The van der Waals surface area contributed by atoms with E-state index in [0.717, 1.165) is 4.47 Å². The number of carbonyl (C=O) groups is 1. The predicted molar refractivity (Wildman–Crippen MR) is 80.0 cm³/mol. The van der Waals surface area contributed by atoms with Crippen LogP contribution in [0.2, 0.25) is 0 Å². The molecule has 0 N–H and O–H groups in total. The van der Waals surface area contributed by atoms with Gasteiger partial charge in [-0.1, -0.05) is 15.9 Å². The van der Waals surface area contributed by atoms with E-state index in [-0.39, 0.29) is 11.6 Å². The van der Waals surface area contributed by atoms with Crippen LogP contribution in [0, 0.1) is 19.7 Å². The van der Waals surface area contributed by atoms with Crippen molar-refractivity contribution in [2.24, 2.45) is 0 Å². The molecule has 0 aromatic heterocycles. The molecule has 0 aliphatic carbocycles. The minimum absolute atomic E-state index is 0.180. The van der Waals surface area contributed by atoms with Gasteiger partial charge in [-0.3, -0.25) is 4.79 Å². The van der Waals surface area contributed by atoms with Gasteiger partial charge in [0.2, 0.25) is 0 Å². The molecule has 0 aliphatic rings. The third-order valence-electron chi connectivity index (χ3n) is 3.11. The quantitative estimate of drug-likeness (QED) is 0.774. The van der Waals surface area contributed by atoms with Crippen molar-refractivity contribution in [1.82, 2.24) is 0 Å². The van der Waals surface area contributed by atoms with Crippen LogP contribution in [-0.4, -0.2) is 12.9 Å². The normalized spacial score (nSPS) is 10.4. The van der Waals surface area contributed by atoms with Gasteiger partial charge in [-0.05, 0) is 55.3 Å². The molecule has 0 spiro atoms. The number of carbonyl (C=O) groups excluding carboxylic acids is 1. The number of hydrogen-bond donors (Lipinski definition) is 0. The van der Waals surface area contributed by atoms with Crippen LogP contribution >= 0.6 is 15.9 Å². The van der Waals surface area contributed by atoms with Crippen molar-refractivity contribution in [3.05, 3.63) is 62.9 Å². The minimum Gasteiger partial charge on any atom is -0.496 e. The Hall–Kier alpha value is -1.68. The molecule has 2 nitrogen and oxygen atoms in total. The van der Waals surface area contributed by atoms with Crippen molar-refractivity contribution in [2.45, 2.75) is 13.8 Å². The molecule has 2 aromatic rings. The van der Waals surface area contributed by atoms with Crippen molar-refractivity contribution in [3.63, 3.8) is 0 Å². The third-order valence-corrected chi connectivity index (χ3v) is 3.60. The van der Waals surface area contributed by atoms with Crippen molar-refractivity contribution >= 4 is 21.7 Å². The Morgan fingerprint density at radius 2 is 1.75 bits per heavy atom. The van der Waals surface area contributed by atoms with Gasteiger partial charge in [0.05, 0.1) is 12.7 Å². The van der Waals surface area contributed by atoms with Crippen LogP contribution in [-0.2, 0) is 0 Å². The lowest BCUT2D eigenvalue weighted by atomic mass is 9.98. The summed E-state index contributed by atoms with van der Waals surface area (Å²) < 4.78 is 19.7. The average Bonchev–Trinajstić information content (AvgIpc) is 2.43. The summed E-state index contributed by atoms with van der Waals surface area (Å²) in [5, 5.41) is 0. The van der Waals surface area contributed by atoms with E-state index < -0.39 is 0 Å². The SMILES string of the molecule is COc1cc(Br)ccc1C(=O)c1cc(C)c(F)c(C)c1. The molecular formula is C16H14BrFO2. The van der Waals surface area contributed by atoms with E-state index in [1.54, 1.807) is 44.2 Å². The third kappa shape index (κ3) is 2.75. The molecule has 0 atom stereocenters. The maximum atomic E-state index is 13.6. The second kappa shape index (κ2) is 5.75. The molecular weight excluding hydrogens is 323 g/mol. The largest absolute Gasteiger partial charge is 0.496 e. The first-order valence-electron chi connectivity index (χ1n) is 6.09. The molecule has 104 valence electrons. The monoisotopic (exact) mass is 336 g/mol. The fourth-order valence-corrected chi connectivity index (χ4v) is 2.43. The lowest BCUT2D eigenvalue weighted by Gasteiger charge is -2.10. The Morgan fingerprint density at radius 1 is 1.15 bits per heavy atom. The number of rotatable bonds is 3. The van der Waals surface area contributed by atoms with Crippen LogP contribution in [0.25, 0.3) is 0 Å². The predicted octanol–water partition coefficient (Wildman–Crippen LogP) is 4.44. The van der Waals surface area contributed by atoms with Gasteiger partial charge in [0, 0.05) is 10.0 Å². The second-order valence-electron chi connectivity index (χ2n) is 4.60. The summed E-state index contributed by atoms with van der Waals surface area (Å²) in [6, 6.07) is 8.33. The highest BCUT2D eigenvalue weighted by Crippen LogP contribution is 2.27. The molecule has 2 aromatic carbocycles. The van der Waals surface area contributed by atoms with Gasteiger partial charge < -0.3 is 4.74 Å². The first kappa shape index (κ1) is 14.7. The maximum Gasteiger partial charge on any atom is 0.196 e. The molecule has 0 radical (unpaired) electrons. The van der Waals surface area contributed by atoms with Crippen molar-refractivity contribution in [2.75, 3.05) is 7.11 Å². The van der Waals surface area contributed by atoms with Crippen LogP contribution < -0.4 is 4.74 Å². The number of methoxy groups -OCH3 is 1. The zero-order chi connectivity index (χ0) is 14.9. The summed E-state index contributed by atoms with van der Waals surface area (Å²) in [6.45, 7) is 3.30. The van der Waals surface area contributed by atoms with E-state index in [4.69, 9.17) is 4.74 Å². The standard InChI is InChI=1S/C16H14BrFO2/c1-9-6-11(7-10(2)15(9)18)16(19)13-5-4-12(17)8-14(13)20-3/h4-8H,1-3H3. The highest BCUT2D eigenvalue weighted by atomic mass is 79.9. The van der Waals surface area contributed by atoms with Crippen molar-refractivity contribution in [1.29, 1.82) is 0 Å². The highest BCUT2D eigenvalue weighted by Gasteiger charge is 2.16. The molecule has 0 amide bonds. The Balaban J connectivity index is 2.52. The van der Waals surface area contributed by atoms with E-state index in [9.17, 15) is 9.18 Å². The molecule has 0 aliphatic heterocycles. The van der Waals surface area contributed by atoms with Crippen molar-refractivity contribution < 1.29 is 13.9 Å². The van der Waals surface area contributed by atoms with Gasteiger partial charge in [0.25, 0.3) is 0 Å². The van der Waals surface area contributed by atoms with Gasteiger partial charge in [0.1, 0.15) is 11.6 Å². The molecule has 0 fully saturated rings. The lowest BCUT2D eigenvalue weighted by Crippen LogP contribution is -2.06. The summed E-state index contributed by atoms with van der Waals surface area (Å²) >= 11 is 3.33. The number of benzene rings is 2. The van der Waals surface area contributed by atoms with E-state index in [2.05, 4.69) is 15.9 Å². The summed E-state index contributed by atoms with van der Waals surface area (Å²) in [7, 11) is 1.51. The zero-order valence-corrected chi connectivity index (χ0v) is 13.0. The molecule has 0 heterocycles. The summed E-state index contributed by atoms with van der Waals surface area (Å²) in [5.41, 5.74) is 1.84. The van der Waals surface area contributed by atoms with Crippen LogP contribution in [0.15, 0.2) is 34.8 Å². The maximum absolute atomic E-state index is 13.6. The van der Waals surface area contributed by atoms with E-state index in [0.29, 0.717) is 28.0 Å². The number of ketones is 1. The van der Waals surface area contributed by atoms with E-state index in [1.807, 2.05) is 0 Å². The molecule has 4 heteroatoms. The minimum atomic E-state index is -0.274. The number of aryl methyl sites for hydroxylation is 2. The number of halogens is 2.